The maximum atomic E-state index is 12.6. The second-order valence-electron chi connectivity index (χ2n) is 6.74. The van der Waals surface area contributed by atoms with Gasteiger partial charge in [0.25, 0.3) is 0 Å². The number of amides is 2. The van der Waals surface area contributed by atoms with Crippen molar-refractivity contribution in [2.45, 2.75) is 70.9 Å². The monoisotopic (exact) mass is 330 g/mol. The van der Waals surface area contributed by atoms with Crippen molar-refractivity contribution in [2.24, 2.45) is 0 Å². The average molecular weight is 330 g/mol. The van der Waals surface area contributed by atoms with Gasteiger partial charge < -0.3 is 10.2 Å². The first-order valence-electron chi connectivity index (χ1n) is 9.25. The third-order valence-electron chi connectivity index (χ3n) is 4.82. The number of benzene rings is 1. The van der Waals surface area contributed by atoms with Gasteiger partial charge in [-0.25, -0.2) is 0 Å². The molecule has 1 aromatic carbocycles. The van der Waals surface area contributed by atoms with Gasteiger partial charge in [0.1, 0.15) is 6.04 Å². The lowest BCUT2D eigenvalue weighted by Gasteiger charge is -2.29. The van der Waals surface area contributed by atoms with E-state index in [1.807, 2.05) is 32.0 Å². The van der Waals surface area contributed by atoms with E-state index in [0.29, 0.717) is 13.0 Å². The minimum atomic E-state index is -0.409. The molecule has 1 fully saturated rings. The van der Waals surface area contributed by atoms with Gasteiger partial charge in [-0.1, -0.05) is 50.1 Å². The lowest BCUT2D eigenvalue weighted by molar-refractivity contribution is -0.140. The molecule has 2 amide bonds. The minimum Gasteiger partial charge on any atom is -0.352 e. The Morgan fingerprint density at radius 3 is 2.50 bits per heavy atom. The summed E-state index contributed by atoms with van der Waals surface area (Å²) >= 11 is 0. The standard InChI is InChI=1S/C20H30N2O2/c1-3-9-19(23)22(15-14-17-10-5-4-6-11-17)16(2)20(24)21-18-12-7-8-13-18/h4-6,10-11,16,18H,3,7-9,12-15H2,1-2H3,(H,21,24). The number of nitrogens with one attached hydrogen (secondary N) is 1. The second kappa shape index (κ2) is 9.45. The van der Waals surface area contributed by atoms with E-state index in [4.69, 9.17) is 0 Å². The van der Waals surface area contributed by atoms with Crippen LogP contribution in [0.3, 0.4) is 0 Å². The van der Waals surface area contributed by atoms with Gasteiger partial charge in [-0.05, 0) is 38.2 Å². The smallest absolute Gasteiger partial charge is 0.242 e. The van der Waals surface area contributed by atoms with Crippen LogP contribution in [0.2, 0.25) is 0 Å². The third kappa shape index (κ3) is 5.36. The molecule has 0 saturated heterocycles. The molecule has 0 heterocycles. The molecular formula is C20H30N2O2. The van der Waals surface area contributed by atoms with Crippen molar-refractivity contribution in [3.63, 3.8) is 0 Å². The first-order valence-corrected chi connectivity index (χ1v) is 9.25. The average Bonchev–Trinajstić information content (AvgIpc) is 3.09. The summed E-state index contributed by atoms with van der Waals surface area (Å²) in [6.07, 6.45) is 6.57. The van der Waals surface area contributed by atoms with Crippen molar-refractivity contribution in [2.75, 3.05) is 6.54 Å². The molecule has 1 unspecified atom stereocenters. The van der Waals surface area contributed by atoms with Gasteiger partial charge >= 0.3 is 0 Å². The molecule has 1 aliphatic rings. The van der Waals surface area contributed by atoms with Gasteiger partial charge in [-0.2, -0.15) is 0 Å². The van der Waals surface area contributed by atoms with Crippen LogP contribution in [0.4, 0.5) is 0 Å². The third-order valence-corrected chi connectivity index (χ3v) is 4.82. The Labute approximate surface area is 145 Å². The van der Waals surface area contributed by atoms with Crippen LogP contribution in [0.15, 0.2) is 30.3 Å². The highest BCUT2D eigenvalue weighted by Crippen LogP contribution is 2.18. The van der Waals surface area contributed by atoms with E-state index in [9.17, 15) is 9.59 Å². The van der Waals surface area contributed by atoms with Crippen molar-refractivity contribution in [3.8, 4) is 0 Å². The van der Waals surface area contributed by atoms with Gasteiger partial charge in [0.05, 0.1) is 0 Å². The molecule has 0 aromatic heterocycles. The van der Waals surface area contributed by atoms with Crippen LogP contribution in [0, 0.1) is 0 Å². The number of rotatable bonds is 8. The maximum absolute atomic E-state index is 12.6. The molecule has 4 heteroatoms. The molecule has 0 bridgehead atoms. The molecule has 1 aliphatic carbocycles. The summed E-state index contributed by atoms with van der Waals surface area (Å²) in [6, 6.07) is 10.00. The topological polar surface area (TPSA) is 49.4 Å². The molecule has 1 N–H and O–H groups in total. The van der Waals surface area contributed by atoms with Gasteiger partial charge in [0, 0.05) is 19.0 Å². The van der Waals surface area contributed by atoms with Crippen molar-refractivity contribution in [3.05, 3.63) is 35.9 Å². The van der Waals surface area contributed by atoms with E-state index >= 15 is 0 Å². The first-order chi connectivity index (χ1) is 11.6. The highest BCUT2D eigenvalue weighted by Gasteiger charge is 2.27. The fraction of sp³-hybridized carbons (Fsp3) is 0.600. The quantitative estimate of drug-likeness (QED) is 0.795. The van der Waals surface area contributed by atoms with Crippen molar-refractivity contribution < 1.29 is 9.59 Å². The van der Waals surface area contributed by atoms with Gasteiger partial charge in [-0.15, -0.1) is 0 Å². The predicted octanol–water partition coefficient (Wildman–Crippen LogP) is 3.31. The SMILES string of the molecule is CCCC(=O)N(CCc1ccccc1)C(C)C(=O)NC1CCCC1. The first kappa shape index (κ1) is 18.5. The van der Waals surface area contributed by atoms with E-state index in [1.54, 1.807) is 4.90 Å². The van der Waals surface area contributed by atoms with Crippen LogP contribution in [0.25, 0.3) is 0 Å². The zero-order valence-corrected chi connectivity index (χ0v) is 15.0. The Morgan fingerprint density at radius 2 is 1.88 bits per heavy atom. The van der Waals surface area contributed by atoms with E-state index in [2.05, 4.69) is 17.4 Å². The number of nitrogens with zero attached hydrogens (tertiary/aromatic N) is 1. The molecule has 24 heavy (non-hydrogen) atoms. The minimum absolute atomic E-state index is 0.0144. The van der Waals surface area contributed by atoms with E-state index < -0.39 is 6.04 Å². The Bertz CT molecular complexity index is 524. The molecule has 0 radical (unpaired) electrons. The van der Waals surface area contributed by atoms with E-state index in [-0.39, 0.29) is 17.9 Å². The van der Waals surface area contributed by atoms with Crippen LogP contribution in [0.5, 0.6) is 0 Å². The molecule has 0 aliphatic heterocycles. The van der Waals surface area contributed by atoms with Gasteiger partial charge in [0.15, 0.2) is 0 Å². The van der Waals surface area contributed by atoms with Crippen LogP contribution in [0.1, 0.15) is 57.9 Å². The van der Waals surface area contributed by atoms with Crippen molar-refractivity contribution in [1.29, 1.82) is 0 Å². The molecular weight excluding hydrogens is 300 g/mol. The molecule has 1 atom stereocenters. The summed E-state index contributed by atoms with van der Waals surface area (Å²) < 4.78 is 0. The fourth-order valence-corrected chi connectivity index (χ4v) is 3.32. The predicted molar refractivity (Wildman–Crippen MR) is 96.6 cm³/mol. The molecule has 2 rings (SSSR count). The summed E-state index contributed by atoms with van der Waals surface area (Å²) in [6.45, 7) is 4.43. The zero-order chi connectivity index (χ0) is 17.4. The largest absolute Gasteiger partial charge is 0.352 e. The highest BCUT2D eigenvalue weighted by atomic mass is 16.2. The summed E-state index contributed by atoms with van der Waals surface area (Å²) in [5, 5.41) is 3.12. The number of carbonyl (C=O) groups excluding carboxylic acids is 2. The van der Waals surface area contributed by atoms with Crippen LogP contribution in [-0.2, 0) is 16.0 Å². The number of hydrogen-bond acceptors (Lipinski definition) is 2. The van der Waals surface area contributed by atoms with E-state index in [0.717, 1.165) is 25.7 Å². The van der Waals surface area contributed by atoms with Crippen molar-refractivity contribution >= 4 is 11.8 Å². The number of carbonyl (C=O) groups is 2. The maximum Gasteiger partial charge on any atom is 0.242 e. The second-order valence-corrected chi connectivity index (χ2v) is 6.74. The summed E-state index contributed by atoms with van der Waals surface area (Å²) in [5.41, 5.74) is 1.19. The van der Waals surface area contributed by atoms with E-state index in [1.165, 1.54) is 18.4 Å². The number of hydrogen-bond donors (Lipinski definition) is 1. The Balaban J connectivity index is 1.97. The Kier molecular flexibility index (Phi) is 7.29. The normalized spacial score (nSPS) is 15.9. The zero-order valence-electron chi connectivity index (χ0n) is 15.0. The Morgan fingerprint density at radius 1 is 1.21 bits per heavy atom. The molecule has 0 spiro atoms. The van der Waals surface area contributed by atoms with Crippen LogP contribution in [-0.4, -0.2) is 35.3 Å². The van der Waals surface area contributed by atoms with Gasteiger partial charge in [-0.3, -0.25) is 9.59 Å². The molecule has 1 aromatic rings. The Hall–Kier alpha value is -1.84. The highest BCUT2D eigenvalue weighted by molar-refractivity contribution is 5.87. The van der Waals surface area contributed by atoms with Gasteiger partial charge in [0.2, 0.25) is 11.8 Å². The lowest BCUT2D eigenvalue weighted by Crippen LogP contribution is -2.50. The summed E-state index contributed by atoms with van der Waals surface area (Å²) in [4.78, 5) is 26.8. The molecule has 132 valence electrons. The molecule has 1 saturated carbocycles. The molecule has 4 nitrogen and oxygen atoms in total. The lowest BCUT2D eigenvalue weighted by atomic mass is 10.1. The summed E-state index contributed by atoms with van der Waals surface area (Å²) in [7, 11) is 0. The fourth-order valence-electron chi connectivity index (χ4n) is 3.32. The summed E-state index contributed by atoms with van der Waals surface area (Å²) in [5.74, 6) is 0.0573. The van der Waals surface area contributed by atoms with Crippen LogP contribution >= 0.6 is 0 Å². The van der Waals surface area contributed by atoms with Crippen LogP contribution < -0.4 is 5.32 Å². The van der Waals surface area contributed by atoms with Crippen molar-refractivity contribution in [1.82, 2.24) is 10.2 Å².